The second-order valence-corrected chi connectivity index (χ2v) is 9.99. The fraction of sp³-hybridized carbons (Fsp3) is 0.318. The van der Waals surface area contributed by atoms with Gasteiger partial charge in [0.05, 0.1) is 16.3 Å². The number of benzene rings is 2. The van der Waals surface area contributed by atoms with Crippen molar-refractivity contribution in [2.45, 2.75) is 37.7 Å². The van der Waals surface area contributed by atoms with Gasteiger partial charge in [-0.05, 0) is 43.7 Å². The van der Waals surface area contributed by atoms with Crippen molar-refractivity contribution in [1.82, 2.24) is 19.1 Å². The summed E-state index contributed by atoms with van der Waals surface area (Å²) in [4.78, 5) is 12.7. The number of aromatic nitrogens is 3. The number of hydrogen-bond acceptors (Lipinski definition) is 6. The van der Waals surface area contributed by atoms with Crippen LogP contribution < -0.4 is 5.32 Å². The first kappa shape index (κ1) is 24.0. The van der Waals surface area contributed by atoms with Crippen molar-refractivity contribution in [2.75, 3.05) is 24.2 Å². The van der Waals surface area contributed by atoms with Crippen LogP contribution in [-0.4, -0.2) is 52.2 Å². The van der Waals surface area contributed by atoms with Gasteiger partial charge in [0.25, 0.3) is 0 Å². The number of sulfonamides is 1. The fourth-order valence-electron chi connectivity index (χ4n) is 3.30. The molecule has 2 aromatic carbocycles. The number of rotatable bonds is 9. The van der Waals surface area contributed by atoms with Crippen molar-refractivity contribution in [3.8, 4) is 5.69 Å². The standard InChI is InChI=1S/C22H27N5O3S2/c1-5-26(6-2)32(29,30)19-12-9-11-18(14-19)23-21(28)15-31-22-25-24-17(4)27(22)20-13-8-7-10-16(20)3/h7-14H,5-6,15H2,1-4H3,(H,23,28). The third-order valence-electron chi connectivity index (χ3n) is 4.94. The van der Waals surface area contributed by atoms with Gasteiger partial charge in [-0.3, -0.25) is 9.36 Å². The zero-order chi connectivity index (χ0) is 23.3. The number of amides is 1. The summed E-state index contributed by atoms with van der Waals surface area (Å²) in [7, 11) is -3.60. The molecule has 0 bridgehead atoms. The molecule has 0 saturated carbocycles. The van der Waals surface area contributed by atoms with Crippen LogP contribution in [0, 0.1) is 13.8 Å². The van der Waals surface area contributed by atoms with E-state index in [9.17, 15) is 13.2 Å². The van der Waals surface area contributed by atoms with E-state index < -0.39 is 10.0 Å². The lowest BCUT2D eigenvalue weighted by atomic mass is 10.2. The molecular weight excluding hydrogens is 446 g/mol. The SMILES string of the molecule is CCN(CC)S(=O)(=O)c1cccc(NC(=O)CSc2nnc(C)n2-c2ccccc2C)c1. The van der Waals surface area contributed by atoms with E-state index in [2.05, 4.69) is 15.5 Å². The molecular formula is C22H27N5O3S2. The molecule has 3 aromatic rings. The number of anilines is 1. The molecule has 0 radical (unpaired) electrons. The largest absolute Gasteiger partial charge is 0.325 e. The van der Waals surface area contributed by atoms with Crippen LogP contribution in [0.1, 0.15) is 25.2 Å². The van der Waals surface area contributed by atoms with E-state index in [-0.39, 0.29) is 16.6 Å². The highest BCUT2D eigenvalue weighted by Gasteiger charge is 2.22. The first-order chi connectivity index (χ1) is 15.3. The lowest BCUT2D eigenvalue weighted by Gasteiger charge is -2.18. The summed E-state index contributed by atoms with van der Waals surface area (Å²) in [5.74, 6) is 0.581. The number of aryl methyl sites for hydroxylation is 2. The Balaban J connectivity index is 1.72. The number of carbonyl (C=O) groups is 1. The van der Waals surface area contributed by atoms with Crippen LogP contribution in [0.4, 0.5) is 5.69 Å². The predicted molar refractivity (Wildman–Crippen MR) is 127 cm³/mol. The van der Waals surface area contributed by atoms with Crippen molar-refractivity contribution < 1.29 is 13.2 Å². The first-order valence-corrected chi connectivity index (χ1v) is 12.7. The number of thioether (sulfide) groups is 1. The van der Waals surface area contributed by atoms with Crippen LogP contribution in [-0.2, 0) is 14.8 Å². The van der Waals surface area contributed by atoms with Crippen molar-refractivity contribution in [2.24, 2.45) is 0 Å². The average Bonchev–Trinajstić information content (AvgIpc) is 3.13. The van der Waals surface area contributed by atoms with Crippen molar-refractivity contribution in [3.63, 3.8) is 0 Å². The Morgan fingerprint density at radius 3 is 2.47 bits per heavy atom. The summed E-state index contributed by atoms with van der Waals surface area (Å²) in [5, 5.41) is 11.8. The van der Waals surface area contributed by atoms with E-state index >= 15 is 0 Å². The van der Waals surface area contributed by atoms with Crippen molar-refractivity contribution in [1.29, 1.82) is 0 Å². The normalized spacial score (nSPS) is 11.7. The zero-order valence-corrected chi connectivity index (χ0v) is 20.2. The summed E-state index contributed by atoms with van der Waals surface area (Å²) in [6.45, 7) is 8.23. The third kappa shape index (κ3) is 5.20. The smallest absolute Gasteiger partial charge is 0.243 e. The van der Waals surface area contributed by atoms with Crippen LogP contribution >= 0.6 is 11.8 Å². The topological polar surface area (TPSA) is 97.2 Å². The molecule has 170 valence electrons. The van der Waals surface area contributed by atoms with E-state index in [0.29, 0.717) is 23.9 Å². The molecule has 1 aromatic heterocycles. The van der Waals surface area contributed by atoms with Gasteiger partial charge in [-0.1, -0.05) is 49.9 Å². The summed E-state index contributed by atoms with van der Waals surface area (Å²) < 4.78 is 28.8. The number of carbonyl (C=O) groups excluding carboxylic acids is 1. The Kier molecular flexibility index (Phi) is 7.70. The molecule has 1 amide bonds. The highest BCUT2D eigenvalue weighted by molar-refractivity contribution is 7.99. The number of hydrogen-bond donors (Lipinski definition) is 1. The quantitative estimate of drug-likeness (QED) is 0.477. The molecule has 0 spiro atoms. The van der Waals surface area contributed by atoms with Gasteiger partial charge in [-0.25, -0.2) is 8.42 Å². The average molecular weight is 474 g/mol. The molecule has 8 nitrogen and oxygen atoms in total. The van der Waals surface area contributed by atoms with Crippen molar-refractivity contribution in [3.05, 3.63) is 59.9 Å². The molecule has 0 unspecified atom stereocenters. The molecule has 0 aliphatic rings. The van der Waals surface area contributed by atoms with E-state index in [1.165, 1.54) is 28.2 Å². The number of para-hydroxylation sites is 1. The minimum absolute atomic E-state index is 0.108. The predicted octanol–water partition coefficient (Wildman–Crippen LogP) is 3.65. The molecule has 32 heavy (non-hydrogen) atoms. The van der Waals surface area contributed by atoms with Gasteiger partial charge >= 0.3 is 0 Å². The second-order valence-electron chi connectivity index (χ2n) is 7.11. The van der Waals surface area contributed by atoms with Gasteiger partial charge in [0.2, 0.25) is 15.9 Å². The first-order valence-electron chi connectivity index (χ1n) is 10.3. The molecule has 1 heterocycles. The maximum absolute atomic E-state index is 12.7. The van der Waals surface area contributed by atoms with Crippen LogP contribution in [0.25, 0.3) is 5.69 Å². The van der Waals surface area contributed by atoms with E-state index in [1.807, 2.05) is 42.7 Å². The maximum atomic E-state index is 12.7. The molecule has 0 fully saturated rings. The Hall–Kier alpha value is -2.69. The van der Waals surface area contributed by atoms with Crippen LogP contribution in [0.2, 0.25) is 0 Å². The van der Waals surface area contributed by atoms with Gasteiger partial charge < -0.3 is 5.32 Å². The highest BCUT2D eigenvalue weighted by Crippen LogP contribution is 2.24. The van der Waals surface area contributed by atoms with Gasteiger partial charge in [-0.2, -0.15) is 4.31 Å². The minimum atomic E-state index is -3.60. The second kappa shape index (κ2) is 10.3. The summed E-state index contributed by atoms with van der Waals surface area (Å²) in [6, 6.07) is 14.2. The van der Waals surface area contributed by atoms with Gasteiger partial charge in [0, 0.05) is 18.8 Å². The molecule has 3 rings (SSSR count). The Bertz CT molecular complexity index is 1200. The Morgan fingerprint density at radius 1 is 1.06 bits per heavy atom. The fourth-order valence-corrected chi connectivity index (χ4v) is 5.60. The monoisotopic (exact) mass is 473 g/mol. The lowest BCUT2D eigenvalue weighted by Crippen LogP contribution is -2.30. The molecule has 1 N–H and O–H groups in total. The van der Waals surface area contributed by atoms with E-state index in [1.54, 1.807) is 26.0 Å². The number of nitrogens with zero attached hydrogens (tertiary/aromatic N) is 4. The lowest BCUT2D eigenvalue weighted by molar-refractivity contribution is -0.113. The maximum Gasteiger partial charge on any atom is 0.243 e. The number of nitrogens with one attached hydrogen (secondary N) is 1. The molecule has 0 atom stereocenters. The minimum Gasteiger partial charge on any atom is -0.325 e. The zero-order valence-electron chi connectivity index (χ0n) is 18.6. The van der Waals surface area contributed by atoms with Crippen LogP contribution in [0.3, 0.4) is 0 Å². The molecule has 0 aliphatic heterocycles. The summed E-state index contributed by atoms with van der Waals surface area (Å²) in [5.41, 5.74) is 2.47. The van der Waals surface area contributed by atoms with Gasteiger partial charge in [0.15, 0.2) is 5.16 Å². The van der Waals surface area contributed by atoms with Gasteiger partial charge in [-0.15, -0.1) is 10.2 Å². The third-order valence-corrected chi connectivity index (χ3v) is 7.92. The molecule has 10 heteroatoms. The molecule has 0 saturated heterocycles. The van der Waals surface area contributed by atoms with E-state index in [4.69, 9.17) is 0 Å². The van der Waals surface area contributed by atoms with Crippen molar-refractivity contribution >= 4 is 33.4 Å². The Labute approximate surface area is 193 Å². The van der Waals surface area contributed by atoms with Crippen LogP contribution in [0.5, 0.6) is 0 Å². The Morgan fingerprint density at radius 2 is 1.78 bits per heavy atom. The van der Waals surface area contributed by atoms with Crippen LogP contribution in [0.15, 0.2) is 58.6 Å². The van der Waals surface area contributed by atoms with Gasteiger partial charge in [0.1, 0.15) is 5.82 Å². The molecule has 0 aliphatic carbocycles. The summed E-state index contributed by atoms with van der Waals surface area (Å²) >= 11 is 1.27. The highest BCUT2D eigenvalue weighted by atomic mass is 32.2. The summed E-state index contributed by atoms with van der Waals surface area (Å²) in [6.07, 6.45) is 0. The van der Waals surface area contributed by atoms with E-state index in [0.717, 1.165) is 17.1 Å².